The Bertz CT molecular complexity index is 501. The lowest BCUT2D eigenvalue weighted by Gasteiger charge is -2.18. The number of hydrogen-bond acceptors (Lipinski definition) is 1. The number of likely N-dealkylation sites (N-methyl/N-ethyl adjacent to an activating group) is 1. The van der Waals surface area contributed by atoms with Crippen LogP contribution in [0.5, 0.6) is 0 Å². The number of hydrogen-bond donors (Lipinski definition) is 1. The van der Waals surface area contributed by atoms with Gasteiger partial charge in [0.25, 0.3) is 0 Å². The van der Waals surface area contributed by atoms with Gasteiger partial charge in [0.1, 0.15) is 0 Å². The van der Waals surface area contributed by atoms with Gasteiger partial charge in [-0.3, -0.25) is 0 Å². The van der Waals surface area contributed by atoms with Gasteiger partial charge in [-0.1, -0.05) is 67.1 Å². The van der Waals surface area contributed by atoms with E-state index >= 15 is 0 Å². The third-order valence-corrected chi connectivity index (χ3v) is 3.96. The quantitative estimate of drug-likeness (QED) is 0.749. The maximum absolute atomic E-state index is 3.63. The summed E-state index contributed by atoms with van der Waals surface area (Å²) >= 11 is 0. The van der Waals surface area contributed by atoms with Crippen LogP contribution in [0.4, 0.5) is 0 Å². The minimum atomic E-state index is 0.585. The second kappa shape index (κ2) is 8.63. The third kappa shape index (κ3) is 5.73. The van der Waals surface area contributed by atoms with Crippen molar-refractivity contribution < 1.29 is 0 Å². The monoisotopic (exact) mass is 281 g/mol. The number of nitrogens with one attached hydrogen (secondary N) is 1. The highest BCUT2D eigenvalue weighted by molar-refractivity contribution is 5.22. The summed E-state index contributed by atoms with van der Waals surface area (Å²) in [7, 11) is 0. The molecule has 0 fully saturated rings. The van der Waals surface area contributed by atoms with Crippen molar-refractivity contribution in [2.75, 3.05) is 6.54 Å². The maximum atomic E-state index is 3.63. The summed E-state index contributed by atoms with van der Waals surface area (Å²) in [6, 6.07) is 20.3. The topological polar surface area (TPSA) is 12.0 Å². The van der Waals surface area contributed by atoms with Gasteiger partial charge in [-0.2, -0.15) is 0 Å². The lowest BCUT2D eigenvalue weighted by molar-refractivity contribution is 0.476. The van der Waals surface area contributed by atoms with Crippen LogP contribution in [-0.4, -0.2) is 12.6 Å². The molecule has 0 amide bonds. The molecule has 0 saturated heterocycles. The highest BCUT2D eigenvalue weighted by atomic mass is 14.9. The Labute approximate surface area is 129 Å². The average Bonchev–Trinajstić information content (AvgIpc) is 2.51. The summed E-state index contributed by atoms with van der Waals surface area (Å²) < 4.78 is 0. The van der Waals surface area contributed by atoms with E-state index in [0.29, 0.717) is 6.04 Å². The number of rotatable bonds is 8. The van der Waals surface area contributed by atoms with Crippen LogP contribution in [0.3, 0.4) is 0 Å². The minimum Gasteiger partial charge on any atom is -0.314 e. The fourth-order valence-electron chi connectivity index (χ4n) is 2.77. The van der Waals surface area contributed by atoms with Crippen LogP contribution in [0.2, 0.25) is 0 Å². The van der Waals surface area contributed by atoms with Crippen molar-refractivity contribution >= 4 is 0 Å². The van der Waals surface area contributed by atoms with Gasteiger partial charge in [-0.25, -0.2) is 0 Å². The summed E-state index contributed by atoms with van der Waals surface area (Å²) in [5.41, 5.74) is 4.22. The van der Waals surface area contributed by atoms with Gasteiger partial charge in [-0.15, -0.1) is 0 Å². The van der Waals surface area contributed by atoms with Gasteiger partial charge < -0.3 is 5.32 Å². The molecular formula is C20H27N. The molecule has 0 radical (unpaired) electrons. The Morgan fingerprint density at radius 3 is 2.29 bits per heavy atom. The van der Waals surface area contributed by atoms with Gasteiger partial charge in [0.05, 0.1) is 0 Å². The predicted molar refractivity (Wildman–Crippen MR) is 91.7 cm³/mol. The second-order valence-corrected chi connectivity index (χ2v) is 5.82. The van der Waals surface area contributed by atoms with Crippen molar-refractivity contribution in [2.45, 2.75) is 45.6 Å². The van der Waals surface area contributed by atoms with Crippen LogP contribution >= 0.6 is 0 Å². The maximum Gasteiger partial charge on any atom is 0.0107 e. The average molecular weight is 281 g/mol. The molecule has 0 spiro atoms. The normalized spacial score (nSPS) is 12.3. The lowest BCUT2D eigenvalue weighted by atomic mass is 9.98. The van der Waals surface area contributed by atoms with E-state index in [1.165, 1.54) is 36.0 Å². The molecule has 2 aromatic rings. The molecule has 1 atom stereocenters. The van der Waals surface area contributed by atoms with E-state index in [2.05, 4.69) is 73.8 Å². The van der Waals surface area contributed by atoms with E-state index in [9.17, 15) is 0 Å². The first-order valence-corrected chi connectivity index (χ1v) is 8.10. The molecule has 0 bridgehead atoms. The van der Waals surface area contributed by atoms with Crippen molar-refractivity contribution in [1.82, 2.24) is 5.32 Å². The Kier molecular flexibility index (Phi) is 6.49. The molecule has 21 heavy (non-hydrogen) atoms. The van der Waals surface area contributed by atoms with Crippen LogP contribution in [-0.2, 0) is 12.8 Å². The van der Waals surface area contributed by atoms with Crippen molar-refractivity contribution in [3.05, 3.63) is 71.3 Å². The smallest absolute Gasteiger partial charge is 0.0107 e. The molecule has 1 nitrogen and oxygen atoms in total. The van der Waals surface area contributed by atoms with E-state index in [-0.39, 0.29) is 0 Å². The summed E-state index contributed by atoms with van der Waals surface area (Å²) in [6.07, 6.45) is 4.78. The molecule has 0 aliphatic rings. The second-order valence-electron chi connectivity index (χ2n) is 5.82. The Morgan fingerprint density at radius 2 is 1.62 bits per heavy atom. The fourth-order valence-corrected chi connectivity index (χ4v) is 2.77. The number of aryl methyl sites for hydroxylation is 2. The molecular weight excluding hydrogens is 254 g/mol. The molecule has 0 aliphatic heterocycles. The largest absolute Gasteiger partial charge is 0.314 e. The van der Waals surface area contributed by atoms with Crippen LogP contribution in [0, 0.1) is 6.92 Å². The van der Waals surface area contributed by atoms with E-state index < -0.39 is 0 Å². The molecule has 112 valence electrons. The van der Waals surface area contributed by atoms with E-state index in [1.54, 1.807) is 0 Å². The first kappa shape index (κ1) is 15.8. The van der Waals surface area contributed by atoms with Crippen molar-refractivity contribution in [1.29, 1.82) is 0 Å². The first-order chi connectivity index (χ1) is 10.3. The lowest BCUT2D eigenvalue weighted by Crippen LogP contribution is -2.31. The molecule has 0 saturated carbocycles. The van der Waals surface area contributed by atoms with Gasteiger partial charge in [0, 0.05) is 6.04 Å². The fraction of sp³-hybridized carbons (Fsp3) is 0.400. The van der Waals surface area contributed by atoms with Gasteiger partial charge in [0.2, 0.25) is 0 Å². The zero-order valence-corrected chi connectivity index (χ0v) is 13.3. The molecule has 0 heterocycles. The zero-order chi connectivity index (χ0) is 14.9. The van der Waals surface area contributed by atoms with Gasteiger partial charge in [0.15, 0.2) is 0 Å². The summed E-state index contributed by atoms with van der Waals surface area (Å²) in [5, 5.41) is 3.63. The zero-order valence-electron chi connectivity index (χ0n) is 13.3. The molecule has 2 rings (SSSR count). The summed E-state index contributed by atoms with van der Waals surface area (Å²) in [5.74, 6) is 0. The highest BCUT2D eigenvalue weighted by Gasteiger charge is 2.08. The van der Waals surface area contributed by atoms with E-state index in [0.717, 1.165) is 13.0 Å². The molecule has 2 aromatic carbocycles. The predicted octanol–water partition coefficient (Wildman–Crippen LogP) is 4.54. The first-order valence-electron chi connectivity index (χ1n) is 8.10. The minimum absolute atomic E-state index is 0.585. The number of benzene rings is 2. The van der Waals surface area contributed by atoms with Crippen molar-refractivity contribution in [2.24, 2.45) is 0 Å². The summed E-state index contributed by atoms with van der Waals surface area (Å²) in [6.45, 7) is 5.38. The molecule has 0 aliphatic carbocycles. The van der Waals surface area contributed by atoms with Crippen LogP contribution in [0.15, 0.2) is 54.6 Å². The molecule has 1 N–H and O–H groups in total. The van der Waals surface area contributed by atoms with Crippen LogP contribution in [0.25, 0.3) is 0 Å². The van der Waals surface area contributed by atoms with E-state index in [1.807, 2.05) is 0 Å². The summed E-state index contributed by atoms with van der Waals surface area (Å²) in [4.78, 5) is 0. The third-order valence-electron chi connectivity index (χ3n) is 3.96. The standard InChI is InChI=1S/C20H27N/c1-3-21-20(16-19-14-12-17(2)13-15-19)11-7-10-18-8-5-4-6-9-18/h4-6,8-9,12-15,20-21H,3,7,10-11,16H2,1-2H3. The molecule has 1 unspecified atom stereocenters. The Morgan fingerprint density at radius 1 is 0.905 bits per heavy atom. The Hall–Kier alpha value is -1.60. The SMILES string of the molecule is CCNC(CCCc1ccccc1)Cc1ccc(C)cc1. The molecule has 1 heteroatoms. The van der Waals surface area contributed by atoms with Crippen LogP contribution in [0.1, 0.15) is 36.5 Å². The van der Waals surface area contributed by atoms with E-state index in [4.69, 9.17) is 0 Å². The highest BCUT2D eigenvalue weighted by Crippen LogP contribution is 2.12. The Balaban J connectivity index is 1.82. The van der Waals surface area contributed by atoms with Gasteiger partial charge >= 0.3 is 0 Å². The van der Waals surface area contributed by atoms with Crippen molar-refractivity contribution in [3.63, 3.8) is 0 Å². The van der Waals surface area contributed by atoms with Crippen molar-refractivity contribution in [3.8, 4) is 0 Å². The van der Waals surface area contributed by atoms with Crippen LogP contribution < -0.4 is 5.32 Å². The van der Waals surface area contributed by atoms with Gasteiger partial charge in [-0.05, 0) is 50.3 Å². The molecule has 0 aromatic heterocycles.